The highest BCUT2D eigenvalue weighted by molar-refractivity contribution is 7.90. The van der Waals surface area contributed by atoms with Gasteiger partial charge in [0.15, 0.2) is 21.4 Å². The van der Waals surface area contributed by atoms with Crippen LogP contribution in [0.1, 0.15) is 49.0 Å². The standard InChI is InChI=1S/C22H26ClF3O7S/c1-11(2)7-8-31-16-6-5-13(10-15(16)27)32-22(28)14-9-12(3)19(34(4,29)30)18(17(14)23)33-21(26)20(24)25/h9-11,16,20-21H,5-8H2,1-4H3. The van der Waals surface area contributed by atoms with Crippen molar-refractivity contribution in [2.24, 2.45) is 5.92 Å². The van der Waals surface area contributed by atoms with Crippen LogP contribution in [0.15, 0.2) is 22.8 Å². The number of carbonyl (C=O) groups excluding carboxylic acids is 2. The van der Waals surface area contributed by atoms with Crippen LogP contribution in [0.25, 0.3) is 0 Å². The summed E-state index contributed by atoms with van der Waals surface area (Å²) in [5.41, 5.74) is -0.533. The molecule has 1 aliphatic rings. The van der Waals surface area contributed by atoms with Gasteiger partial charge in [0.2, 0.25) is 0 Å². The maximum atomic E-state index is 13.6. The monoisotopic (exact) mass is 526 g/mol. The summed E-state index contributed by atoms with van der Waals surface area (Å²) in [6, 6.07) is 1.06. The van der Waals surface area contributed by atoms with Crippen molar-refractivity contribution in [1.82, 2.24) is 0 Å². The molecule has 34 heavy (non-hydrogen) atoms. The van der Waals surface area contributed by atoms with E-state index in [2.05, 4.69) is 4.74 Å². The van der Waals surface area contributed by atoms with Gasteiger partial charge in [-0.1, -0.05) is 25.4 Å². The number of benzene rings is 1. The first-order chi connectivity index (χ1) is 15.7. The summed E-state index contributed by atoms with van der Waals surface area (Å²) in [7, 11) is -4.10. The molecule has 1 aromatic carbocycles. The molecule has 1 aromatic rings. The Morgan fingerprint density at radius 3 is 2.44 bits per heavy atom. The van der Waals surface area contributed by atoms with E-state index in [-0.39, 0.29) is 29.9 Å². The summed E-state index contributed by atoms with van der Waals surface area (Å²) < 4.78 is 78.5. The lowest BCUT2D eigenvalue weighted by Gasteiger charge is -2.22. The van der Waals surface area contributed by atoms with E-state index in [1.54, 1.807) is 0 Å². The Morgan fingerprint density at radius 2 is 1.91 bits per heavy atom. The molecule has 1 aliphatic carbocycles. The number of ketones is 1. The molecule has 0 radical (unpaired) electrons. The van der Waals surface area contributed by atoms with E-state index in [0.29, 0.717) is 12.5 Å². The second-order valence-electron chi connectivity index (χ2n) is 8.27. The minimum atomic E-state index is -4.10. The van der Waals surface area contributed by atoms with Crippen LogP contribution >= 0.6 is 11.6 Å². The van der Waals surface area contributed by atoms with Crippen LogP contribution in [0, 0.1) is 12.8 Å². The maximum Gasteiger partial charge on any atom is 0.344 e. The van der Waals surface area contributed by atoms with Gasteiger partial charge in [0.25, 0.3) is 6.36 Å². The Balaban J connectivity index is 2.29. The Bertz CT molecular complexity index is 1070. The summed E-state index contributed by atoms with van der Waals surface area (Å²) >= 11 is 6.08. The van der Waals surface area contributed by atoms with Crippen LogP contribution in [-0.4, -0.2) is 51.9 Å². The third-order valence-corrected chi connectivity index (χ3v) is 6.52. The molecule has 2 unspecified atom stereocenters. The van der Waals surface area contributed by atoms with E-state index >= 15 is 0 Å². The molecular formula is C22H26ClF3O7S. The van der Waals surface area contributed by atoms with Crippen molar-refractivity contribution in [2.75, 3.05) is 12.9 Å². The molecule has 0 saturated heterocycles. The zero-order valence-electron chi connectivity index (χ0n) is 19.1. The lowest BCUT2D eigenvalue weighted by Crippen LogP contribution is -2.28. The first-order valence-electron chi connectivity index (χ1n) is 10.4. The Morgan fingerprint density at radius 1 is 1.26 bits per heavy atom. The fourth-order valence-electron chi connectivity index (χ4n) is 3.23. The summed E-state index contributed by atoms with van der Waals surface area (Å²) in [6.07, 6.45) is -4.29. The third-order valence-electron chi connectivity index (χ3n) is 4.89. The number of esters is 1. The van der Waals surface area contributed by atoms with Crippen LogP contribution in [0.2, 0.25) is 5.02 Å². The normalized spacial score (nSPS) is 17.6. The minimum absolute atomic E-state index is 0.0260. The van der Waals surface area contributed by atoms with Crippen LogP contribution in [0.3, 0.4) is 0 Å². The van der Waals surface area contributed by atoms with Crippen molar-refractivity contribution in [3.05, 3.63) is 34.1 Å². The van der Waals surface area contributed by atoms with Gasteiger partial charge in [0, 0.05) is 25.4 Å². The number of aryl methyl sites for hydroxylation is 1. The summed E-state index contributed by atoms with van der Waals surface area (Å²) in [5, 5.41) is -0.711. The smallest absolute Gasteiger partial charge is 0.344 e. The number of carbonyl (C=O) groups is 2. The Labute approximate surface area is 201 Å². The lowest BCUT2D eigenvalue weighted by molar-refractivity contribution is -0.127. The van der Waals surface area contributed by atoms with Crippen molar-refractivity contribution in [3.63, 3.8) is 0 Å². The summed E-state index contributed by atoms with van der Waals surface area (Å²) in [5.74, 6) is -1.96. The Hall–Kier alpha value is -2.11. The fourth-order valence-corrected chi connectivity index (χ4v) is 4.69. The van der Waals surface area contributed by atoms with Gasteiger partial charge in [-0.2, -0.15) is 4.39 Å². The number of halogens is 4. The minimum Gasteiger partial charge on any atom is -0.451 e. The highest BCUT2D eigenvalue weighted by Gasteiger charge is 2.32. The maximum absolute atomic E-state index is 13.6. The zero-order valence-corrected chi connectivity index (χ0v) is 20.6. The number of rotatable bonds is 10. The third kappa shape index (κ3) is 7.19. The van der Waals surface area contributed by atoms with Crippen LogP contribution in [-0.2, 0) is 24.1 Å². The number of hydrogen-bond donors (Lipinski definition) is 0. The molecule has 0 bridgehead atoms. The van der Waals surface area contributed by atoms with Crippen LogP contribution in [0.5, 0.6) is 5.75 Å². The predicted molar refractivity (Wildman–Crippen MR) is 118 cm³/mol. The molecule has 0 aliphatic heterocycles. The van der Waals surface area contributed by atoms with E-state index in [9.17, 15) is 31.2 Å². The van der Waals surface area contributed by atoms with Gasteiger partial charge in [-0.15, -0.1) is 0 Å². The van der Waals surface area contributed by atoms with Crippen LogP contribution in [0.4, 0.5) is 13.2 Å². The van der Waals surface area contributed by atoms with E-state index in [4.69, 9.17) is 21.1 Å². The highest BCUT2D eigenvalue weighted by Crippen LogP contribution is 2.39. The molecule has 2 rings (SSSR count). The average molecular weight is 527 g/mol. The fraction of sp³-hybridized carbons (Fsp3) is 0.545. The number of hydrogen-bond acceptors (Lipinski definition) is 7. The molecule has 2 atom stereocenters. The quantitative estimate of drug-likeness (QED) is 0.403. The van der Waals surface area contributed by atoms with E-state index in [0.717, 1.165) is 24.8 Å². The van der Waals surface area contributed by atoms with Crippen molar-refractivity contribution >= 4 is 33.2 Å². The topological polar surface area (TPSA) is 96.0 Å². The zero-order chi connectivity index (χ0) is 25.8. The second-order valence-corrected chi connectivity index (χ2v) is 10.6. The molecular weight excluding hydrogens is 501 g/mol. The van der Waals surface area contributed by atoms with Crippen molar-refractivity contribution in [2.45, 2.75) is 63.8 Å². The van der Waals surface area contributed by atoms with Gasteiger partial charge in [-0.25, -0.2) is 22.0 Å². The average Bonchev–Trinajstić information content (AvgIpc) is 2.70. The summed E-state index contributed by atoms with van der Waals surface area (Å²) in [6.45, 7) is 5.72. The number of allylic oxidation sites excluding steroid dienone is 1. The van der Waals surface area contributed by atoms with Gasteiger partial charge < -0.3 is 14.2 Å². The lowest BCUT2D eigenvalue weighted by atomic mass is 10.0. The van der Waals surface area contributed by atoms with Gasteiger partial charge in [-0.3, -0.25) is 4.79 Å². The van der Waals surface area contributed by atoms with Crippen molar-refractivity contribution in [1.29, 1.82) is 0 Å². The molecule has 0 heterocycles. The summed E-state index contributed by atoms with van der Waals surface area (Å²) in [4.78, 5) is 24.4. The molecule has 0 fully saturated rings. The van der Waals surface area contributed by atoms with Crippen molar-refractivity contribution in [3.8, 4) is 5.75 Å². The first-order valence-corrected chi connectivity index (χ1v) is 12.7. The molecule has 0 saturated carbocycles. The van der Waals surface area contributed by atoms with Crippen molar-refractivity contribution < 1.29 is 45.4 Å². The largest absolute Gasteiger partial charge is 0.451 e. The highest BCUT2D eigenvalue weighted by atomic mass is 35.5. The number of alkyl halides is 3. The number of ether oxygens (including phenoxy) is 3. The van der Waals surface area contributed by atoms with E-state index < -0.39 is 55.9 Å². The van der Waals surface area contributed by atoms with Gasteiger partial charge in [0.05, 0.1) is 10.6 Å². The molecule has 0 aromatic heterocycles. The molecule has 0 N–H and O–H groups in total. The van der Waals surface area contributed by atoms with E-state index in [1.807, 2.05) is 13.8 Å². The molecule has 190 valence electrons. The Kier molecular flexibility index (Phi) is 9.55. The molecule has 12 heteroatoms. The van der Waals surface area contributed by atoms with Crippen LogP contribution < -0.4 is 4.74 Å². The van der Waals surface area contributed by atoms with Gasteiger partial charge >= 0.3 is 12.4 Å². The SMILES string of the molecule is Cc1cc(C(=O)OC2=CC(=O)C(OCCC(C)C)CC2)c(Cl)c(OC(F)C(F)F)c1S(C)(=O)=O. The predicted octanol–water partition coefficient (Wildman–Crippen LogP) is 4.83. The molecule has 0 spiro atoms. The second kappa shape index (κ2) is 11.5. The van der Waals surface area contributed by atoms with Gasteiger partial charge in [0.1, 0.15) is 16.8 Å². The van der Waals surface area contributed by atoms with E-state index in [1.165, 1.54) is 6.92 Å². The van der Waals surface area contributed by atoms with Gasteiger partial charge in [-0.05, 0) is 37.3 Å². The molecule has 0 amide bonds. The number of sulfone groups is 1. The molecule has 7 nitrogen and oxygen atoms in total. The first kappa shape index (κ1) is 28.1.